The predicted octanol–water partition coefficient (Wildman–Crippen LogP) is 6.17. The molecule has 9 nitrogen and oxygen atoms in total. The van der Waals surface area contributed by atoms with Crippen molar-refractivity contribution >= 4 is 39.0 Å². The molecule has 1 amide bonds. The maximum Gasteiger partial charge on any atom is 0.269 e. The Hall–Kier alpha value is -4.05. The van der Waals surface area contributed by atoms with Gasteiger partial charge in [0, 0.05) is 35.7 Å². The first-order valence-corrected chi connectivity index (χ1v) is 14.3. The first kappa shape index (κ1) is 27.5. The molecule has 2 N–H and O–H groups in total. The van der Waals surface area contributed by atoms with Crippen molar-refractivity contribution in [3.63, 3.8) is 0 Å². The highest BCUT2D eigenvalue weighted by Gasteiger charge is 2.32. The fraction of sp³-hybridized carbons (Fsp3) is 0.367. The van der Waals surface area contributed by atoms with E-state index in [1.165, 1.54) is 34.7 Å². The summed E-state index contributed by atoms with van der Waals surface area (Å²) < 4.78 is 5.94. The Balaban J connectivity index is 1.33. The second-order valence-corrected chi connectivity index (χ2v) is 12.2. The van der Waals surface area contributed by atoms with Gasteiger partial charge in [-0.05, 0) is 60.4 Å². The zero-order valence-electron chi connectivity index (χ0n) is 22.9. The van der Waals surface area contributed by atoms with E-state index in [1.54, 1.807) is 11.3 Å². The van der Waals surface area contributed by atoms with Gasteiger partial charge in [0.15, 0.2) is 5.82 Å². The maximum absolute atomic E-state index is 12.5. The van der Waals surface area contributed by atoms with E-state index in [0.29, 0.717) is 30.4 Å². The van der Waals surface area contributed by atoms with Gasteiger partial charge >= 0.3 is 0 Å². The van der Waals surface area contributed by atoms with E-state index in [1.807, 2.05) is 30.3 Å². The molecule has 1 aliphatic rings. The van der Waals surface area contributed by atoms with Crippen molar-refractivity contribution in [3.8, 4) is 5.75 Å². The number of hydrogen-bond donors (Lipinski definition) is 2. The molecule has 0 spiro atoms. The van der Waals surface area contributed by atoms with Crippen LogP contribution < -0.4 is 15.4 Å². The van der Waals surface area contributed by atoms with Crippen LogP contribution in [-0.4, -0.2) is 33.9 Å². The number of para-hydroxylation sites is 1. The van der Waals surface area contributed by atoms with Crippen molar-refractivity contribution in [2.45, 2.75) is 46.6 Å². The number of nitro groups is 1. The molecule has 0 aliphatic heterocycles. The number of non-ortho nitro benzene ring substituents is 1. The summed E-state index contributed by atoms with van der Waals surface area (Å²) in [7, 11) is 0. The molecule has 0 unspecified atom stereocenters. The van der Waals surface area contributed by atoms with Crippen molar-refractivity contribution in [2.24, 2.45) is 11.3 Å². The molecule has 40 heavy (non-hydrogen) atoms. The summed E-state index contributed by atoms with van der Waals surface area (Å²) >= 11 is 1.75. The molecule has 2 aromatic heterocycles. The van der Waals surface area contributed by atoms with E-state index < -0.39 is 4.92 Å². The maximum atomic E-state index is 12.5. The highest BCUT2D eigenvalue weighted by Crippen LogP contribution is 2.44. The molecule has 0 saturated carbocycles. The molecule has 0 saturated heterocycles. The summed E-state index contributed by atoms with van der Waals surface area (Å²) in [6, 6.07) is 15.2. The van der Waals surface area contributed by atoms with E-state index in [0.717, 1.165) is 41.0 Å². The quantitative estimate of drug-likeness (QED) is 0.143. The zero-order valence-corrected chi connectivity index (χ0v) is 23.7. The van der Waals surface area contributed by atoms with Crippen LogP contribution in [0.4, 0.5) is 11.5 Å². The van der Waals surface area contributed by atoms with Gasteiger partial charge in [0.05, 0.1) is 10.3 Å². The number of nitrogens with one attached hydrogen (secondary N) is 2. The van der Waals surface area contributed by atoms with E-state index in [9.17, 15) is 14.9 Å². The van der Waals surface area contributed by atoms with Gasteiger partial charge in [-0.25, -0.2) is 9.97 Å². The number of ether oxygens (including phenoxy) is 1. The number of carbonyl (C=O) groups excluding carboxylic acids is 1. The zero-order chi connectivity index (χ0) is 28.3. The highest BCUT2D eigenvalue weighted by molar-refractivity contribution is 7.19. The van der Waals surface area contributed by atoms with Gasteiger partial charge in [0.2, 0.25) is 0 Å². The minimum absolute atomic E-state index is 0.0500. The van der Waals surface area contributed by atoms with E-state index in [2.05, 4.69) is 31.4 Å². The molecule has 0 radical (unpaired) electrons. The summed E-state index contributed by atoms with van der Waals surface area (Å²) in [5, 5.41) is 18.2. The van der Waals surface area contributed by atoms with Crippen LogP contribution in [0.2, 0.25) is 0 Å². The van der Waals surface area contributed by atoms with E-state index in [4.69, 9.17) is 14.7 Å². The lowest BCUT2D eigenvalue weighted by Gasteiger charge is -2.33. The fourth-order valence-corrected chi connectivity index (χ4v) is 6.33. The first-order valence-electron chi connectivity index (χ1n) is 13.4. The molecule has 1 atom stereocenters. The number of aromatic nitrogens is 2. The van der Waals surface area contributed by atoms with Gasteiger partial charge < -0.3 is 15.4 Å². The Morgan fingerprint density at radius 2 is 1.85 bits per heavy atom. The number of aryl methyl sites for hydroxylation is 1. The third-order valence-corrected chi connectivity index (χ3v) is 8.48. The minimum Gasteiger partial charge on any atom is -0.486 e. The normalized spacial score (nSPS) is 14.9. The fourth-order valence-electron chi connectivity index (χ4n) is 5.01. The number of anilines is 1. The molecular formula is C30H33N5O4S. The van der Waals surface area contributed by atoms with Gasteiger partial charge in [-0.15, -0.1) is 11.3 Å². The summed E-state index contributed by atoms with van der Waals surface area (Å²) in [6.07, 6.45) is 3.17. The topological polar surface area (TPSA) is 119 Å². The Bertz CT molecular complexity index is 1510. The van der Waals surface area contributed by atoms with Crippen LogP contribution in [0.1, 0.15) is 53.8 Å². The smallest absolute Gasteiger partial charge is 0.269 e. The largest absolute Gasteiger partial charge is 0.486 e. The van der Waals surface area contributed by atoms with Gasteiger partial charge in [-0.2, -0.15) is 0 Å². The number of carbonyl (C=O) groups is 1. The monoisotopic (exact) mass is 559 g/mol. The molecule has 1 aliphatic carbocycles. The van der Waals surface area contributed by atoms with Crippen LogP contribution >= 0.6 is 11.3 Å². The van der Waals surface area contributed by atoms with E-state index in [-0.39, 0.29) is 23.6 Å². The lowest BCUT2D eigenvalue weighted by atomic mass is 9.72. The van der Waals surface area contributed by atoms with Gasteiger partial charge in [-0.3, -0.25) is 14.9 Å². The SMILES string of the molecule is CC(C)(C)[C@@H]1CCc2c(sc3nc(COc4ccccc4)nc(NCCNC(=O)c4ccc([N+](=O)[O-])cc4)c23)C1. The summed E-state index contributed by atoms with van der Waals surface area (Å²) in [4.78, 5) is 35.0. The molecule has 4 aromatic rings. The number of thiophene rings is 1. The average Bonchev–Trinajstić information content (AvgIpc) is 3.32. The number of fused-ring (bicyclic) bond motifs is 3. The van der Waals surface area contributed by atoms with Crippen LogP contribution in [0.15, 0.2) is 54.6 Å². The summed E-state index contributed by atoms with van der Waals surface area (Å²) in [5.41, 5.74) is 1.90. The number of hydrogen-bond acceptors (Lipinski definition) is 8. The van der Waals surface area contributed by atoms with Crippen molar-refractivity contribution in [1.29, 1.82) is 0 Å². The van der Waals surface area contributed by atoms with Crippen LogP contribution in [-0.2, 0) is 19.4 Å². The molecule has 2 heterocycles. The molecule has 0 bridgehead atoms. The number of nitro benzene ring substituents is 1. The van der Waals surface area contributed by atoms with Crippen LogP contribution in [0.25, 0.3) is 10.2 Å². The van der Waals surface area contributed by atoms with Gasteiger partial charge in [0.1, 0.15) is 23.0 Å². The molecule has 5 rings (SSSR count). The second-order valence-electron chi connectivity index (χ2n) is 11.1. The lowest BCUT2D eigenvalue weighted by Crippen LogP contribution is -2.29. The van der Waals surface area contributed by atoms with Crippen molar-refractivity contribution in [2.75, 3.05) is 18.4 Å². The van der Waals surface area contributed by atoms with Crippen LogP contribution in [0.5, 0.6) is 5.75 Å². The van der Waals surface area contributed by atoms with Crippen molar-refractivity contribution in [1.82, 2.24) is 15.3 Å². The van der Waals surface area contributed by atoms with Crippen LogP contribution in [0, 0.1) is 21.4 Å². The van der Waals surface area contributed by atoms with E-state index >= 15 is 0 Å². The number of benzene rings is 2. The van der Waals surface area contributed by atoms with Crippen molar-refractivity contribution < 1.29 is 14.5 Å². The average molecular weight is 560 g/mol. The molecule has 10 heteroatoms. The first-order chi connectivity index (χ1) is 19.2. The molecule has 208 valence electrons. The third kappa shape index (κ3) is 6.22. The van der Waals surface area contributed by atoms with Crippen LogP contribution in [0.3, 0.4) is 0 Å². The Morgan fingerprint density at radius 1 is 1.10 bits per heavy atom. The number of nitrogens with zero attached hydrogens (tertiary/aromatic N) is 3. The Labute approximate surface area is 237 Å². The molecular weight excluding hydrogens is 526 g/mol. The summed E-state index contributed by atoms with van der Waals surface area (Å²) in [6.45, 7) is 8.00. The third-order valence-electron chi connectivity index (χ3n) is 7.33. The number of amides is 1. The van der Waals surface area contributed by atoms with Crippen molar-refractivity contribution in [3.05, 3.63) is 86.5 Å². The Morgan fingerprint density at radius 3 is 2.55 bits per heavy atom. The highest BCUT2D eigenvalue weighted by atomic mass is 32.1. The number of rotatable bonds is 9. The predicted molar refractivity (Wildman–Crippen MR) is 157 cm³/mol. The van der Waals surface area contributed by atoms with Gasteiger partial charge in [-0.1, -0.05) is 39.0 Å². The molecule has 0 fully saturated rings. The standard InChI is InChI=1S/C30H33N5O4S/c1-30(2,3)20-11-14-23-24(17-20)40-29-26(23)27(33-25(34-29)18-39-22-7-5-4-6-8-22)31-15-16-32-28(36)19-9-12-21(13-10-19)35(37)38/h4-10,12-13,20H,11,14-18H2,1-3H3,(H,32,36)(H,31,33,34)/t20-/m1/s1. The lowest BCUT2D eigenvalue weighted by molar-refractivity contribution is -0.384. The molecule has 2 aromatic carbocycles. The summed E-state index contributed by atoms with van der Waals surface area (Å²) in [5.74, 6) is 2.44. The van der Waals surface area contributed by atoms with Gasteiger partial charge in [0.25, 0.3) is 11.6 Å². The second kappa shape index (κ2) is 11.6. The Kier molecular flexibility index (Phi) is 7.97. The minimum atomic E-state index is -0.486.